The largest absolute Gasteiger partial charge is 0.370 e. The van der Waals surface area contributed by atoms with Gasteiger partial charge in [0.25, 0.3) is 0 Å². The first kappa shape index (κ1) is 13.7. The van der Waals surface area contributed by atoms with E-state index in [0.29, 0.717) is 5.78 Å². The van der Waals surface area contributed by atoms with Gasteiger partial charge in [0.2, 0.25) is 0 Å². The van der Waals surface area contributed by atoms with Crippen molar-refractivity contribution in [3.8, 4) is 0 Å². The van der Waals surface area contributed by atoms with E-state index in [1.54, 1.807) is 7.11 Å². The Labute approximate surface area is 99.8 Å². The monoisotopic (exact) mass is 226 g/mol. The number of methoxy groups -OCH3 is 1. The second-order valence-corrected chi connectivity index (χ2v) is 4.96. The summed E-state index contributed by atoms with van der Waals surface area (Å²) in [6, 6.07) is 0. The molecule has 0 amide bonds. The zero-order valence-corrected chi connectivity index (χ0v) is 11.1. The maximum Gasteiger partial charge on any atom is 0.167 e. The van der Waals surface area contributed by atoms with Crippen LogP contribution in [-0.4, -0.2) is 18.5 Å². The molecule has 0 atom stereocenters. The van der Waals surface area contributed by atoms with Crippen LogP contribution in [0.4, 0.5) is 0 Å². The SMILES string of the molecule is CCC(CC)(OC)C(=O)C1CCCCCC1. The van der Waals surface area contributed by atoms with Crippen molar-refractivity contribution in [2.24, 2.45) is 5.92 Å². The Hall–Kier alpha value is -0.370. The number of hydrogen-bond donors (Lipinski definition) is 0. The smallest absolute Gasteiger partial charge is 0.167 e. The normalized spacial score (nSPS) is 19.4. The highest BCUT2D eigenvalue weighted by Gasteiger charge is 2.38. The fourth-order valence-corrected chi connectivity index (χ4v) is 2.90. The lowest BCUT2D eigenvalue weighted by atomic mass is 9.81. The van der Waals surface area contributed by atoms with Gasteiger partial charge in [-0.3, -0.25) is 4.79 Å². The van der Waals surface area contributed by atoms with Gasteiger partial charge in [0.1, 0.15) is 5.60 Å². The van der Waals surface area contributed by atoms with Gasteiger partial charge in [0.15, 0.2) is 5.78 Å². The van der Waals surface area contributed by atoms with Gasteiger partial charge < -0.3 is 4.74 Å². The van der Waals surface area contributed by atoms with E-state index in [1.807, 2.05) is 0 Å². The minimum absolute atomic E-state index is 0.252. The van der Waals surface area contributed by atoms with Crippen LogP contribution in [0, 0.1) is 5.92 Å². The summed E-state index contributed by atoms with van der Waals surface area (Å²) in [7, 11) is 1.68. The number of ketones is 1. The van der Waals surface area contributed by atoms with Gasteiger partial charge in [0.05, 0.1) is 0 Å². The summed E-state index contributed by atoms with van der Waals surface area (Å²) in [5.41, 5.74) is -0.505. The minimum atomic E-state index is -0.505. The predicted molar refractivity (Wildman–Crippen MR) is 66.5 cm³/mol. The standard InChI is InChI=1S/C14H26O2/c1-4-14(5-2,16-3)13(15)12-10-8-6-7-9-11-12/h12H,4-11H2,1-3H3. The van der Waals surface area contributed by atoms with Crippen molar-refractivity contribution in [2.75, 3.05) is 7.11 Å². The van der Waals surface area contributed by atoms with Crippen molar-refractivity contribution in [3.63, 3.8) is 0 Å². The lowest BCUT2D eigenvalue weighted by Crippen LogP contribution is -2.43. The molecule has 1 fully saturated rings. The molecule has 16 heavy (non-hydrogen) atoms. The Bertz CT molecular complexity index is 203. The molecule has 0 radical (unpaired) electrons. The van der Waals surface area contributed by atoms with E-state index in [1.165, 1.54) is 25.7 Å². The summed E-state index contributed by atoms with van der Waals surface area (Å²) < 4.78 is 5.54. The average Bonchev–Trinajstić information content (AvgIpc) is 2.60. The molecule has 1 aliphatic carbocycles. The lowest BCUT2D eigenvalue weighted by Gasteiger charge is -2.32. The van der Waals surface area contributed by atoms with Crippen LogP contribution in [0.15, 0.2) is 0 Å². The van der Waals surface area contributed by atoms with Crippen LogP contribution in [0.25, 0.3) is 0 Å². The third-order valence-corrected chi connectivity index (χ3v) is 4.21. The first-order chi connectivity index (χ1) is 7.70. The van der Waals surface area contributed by atoms with Crippen molar-refractivity contribution >= 4 is 5.78 Å². The summed E-state index contributed by atoms with van der Waals surface area (Å²) in [6.45, 7) is 4.11. The van der Waals surface area contributed by atoms with Crippen LogP contribution in [0.1, 0.15) is 65.2 Å². The summed E-state index contributed by atoms with van der Waals surface area (Å²) in [4.78, 5) is 12.5. The molecule has 0 heterocycles. The lowest BCUT2D eigenvalue weighted by molar-refractivity contribution is -0.146. The first-order valence-electron chi connectivity index (χ1n) is 6.79. The second kappa shape index (κ2) is 6.39. The average molecular weight is 226 g/mol. The summed E-state index contributed by atoms with van der Waals surface area (Å²) in [6.07, 6.45) is 8.76. The highest BCUT2D eigenvalue weighted by Crippen LogP contribution is 2.31. The van der Waals surface area contributed by atoms with Gasteiger partial charge >= 0.3 is 0 Å². The van der Waals surface area contributed by atoms with Gasteiger partial charge in [-0.2, -0.15) is 0 Å². The maximum absolute atomic E-state index is 12.5. The van der Waals surface area contributed by atoms with Crippen LogP contribution >= 0.6 is 0 Å². The van der Waals surface area contributed by atoms with Crippen LogP contribution in [-0.2, 0) is 9.53 Å². The number of Topliss-reactive ketones (excluding diaryl/α,β-unsaturated/α-hetero) is 1. The van der Waals surface area contributed by atoms with E-state index in [0.717, 1.165) is 25.7 Å². The first-order valence-corrected chi connectivity index (χ1v) is 6.79. The summed E-state index contributed by atoms with van der Waals surface area (Å²) >= 11 is 0. The molecule has 0 bridgehead atoms. The van der Waals surface area contributed by atoms with E-state index in [-0.39, 0.29) is 5.92 Å². The van der Waals surface area contributed by atoms with Crippen molar-refractivity contribution < 1.29 is 9.53 Å². The van der Waals surface area contributed by atoms with Crippen LogP contribution in [0.5, 0.6) is 0 Å². The van der Waals surface area contributed by atoms with E-state index >= 15 is 0 Å². The Kier molecular flexibility index (Phi) is 5.47. The van der Waals surface area contributed by atoms with Gasteiger partial charge in [-0.15, -0.1) is 0 Å². The third kappa shape index (κ3) is 2.85. The second-order valence-electron chi connectivity index (χ2n) is 4.96. The Morgan fingerprint density at radius 3 is 2.00 bits per heavy atom. The summed E-state index contributed by atoms with van der Waals surface area (Å²) in [5, 5.41) is 0. The molecule has 0 aromatic rings. The molecule has 1 rings (SSSR count). The molecule has 1 aliphatic rings. The molecule has 0 aliphatic heterocycles. The van der Waals surface area contributed by atoms with Gasteiger partial charge in [-0.1, -0.05) is 39.5 Å². The molecular formula is C14H26O2. The zero-order chi connectivity index (χ0) is 12.0. The van der Waals surface area contributed by atoms with Crippen molar-refractivity contribution in [3.05, 3.63) is 0 Å². The maximum atomic E-state index is 12.5. The van der Waals surface area contributed by atoms with Crippen LogP contribution in [0.2, 0.25) is 0 Å². The van der Waals surface area contributed by atoms with Gasteiger partial charge in [0, 0.05) is 13.0 Å². The minimum Gasteiger partial charge on any atom is -0.370 e. The molecule has 0 aromatic carbocycles. The van der Waals surface area contributed by atoms with Crippen LogP contribution < -0.4 is 0 Å². The zero-order valence-electron chi connectivity index (χ0n) is 11.1. The molecular weight excluding hydrogens is 200 g/mol. The predicted octanol–water partition coefficient (Wildman–Crippen LogP) is 3.73. The Balaban J connectivity index is 2.72. The topological polar surface area (TPSA) is 26.3 Å². The van der Waals surface area contributed by atoms with Gasteiger partial charge in [-0.25, -0.2) is 0 Å². The third-order valence-electron chi connectivity index (χ3n) is 4.21. The number of ether oxygens (including phenoxy) is 1. The molecule has 2 heteroatoms. The highest BCUT2D eigenvalue weighted by molar-refractivity contribution is 5.89. The molecule has 0 saturated heterocycles. The number of carbonyl (C=O) groups is 1. The van der Waals surface area contributed by atoms with Crippen molar-refractivity contribution in [1.29, 1.82) is 0 Å². The molecule has 0 aromatic heterocycles. The number of carbonyl (C=O) groups excluding carboxylic acids is 1. The number of rotatable bonds is 5. The Morgan fingerprint density at radius 2 is 1.62 bits per heavy atom. The molecule has 94 valence electrons. The quantitative estimate of drug-likeness (QED) is 0.668. The fraction of sp³-hybridized carbons (Fsp3) is 0.929. The molecule has 0 spiro atoms. The molecule has 0 N–H and O–H groups in total. The van der Waals surface area contributed by atoms with Crippen LogP contribution in [0.3, 0.4) is 0 Å². The van der Waals surface area contributed by atoms with E-state index in [2.05, 4.69) is 13.8 Å². The van der Waals surface area contributed by atoms with Crippen molar-refractivity contribution in [2.45, 2.75) is 70.8 Å². The Morgan fingerprint density at radius 1 is 1.12 bits per heavy atom. The van der Waals surface area contributed by atoms with E-state index in [4.69, 9.17) is 4.74 Å². The highest BCUT2D eigenvalue weighted by atomic mass is 16.5. The molecule has 2 nitrogen and oxygen atoms in total. The molecule has 1 saturated carbocycles. The summed E-state index contributed by atoms with van der Waals surface area (Å²) in [5.74, 6) is 0.615. The number of hydrogen-bond acceptors (Lipinski definition) is 2. The van der Waals surface area contributed by atoms with E-state index < -0.39 is 5.60 Å². The van der Waals surface area contributed by atoms with Crippen molar-refractivity contribution in [1.82, 2.24) is 0 Å². The fourth-order valence-electron chi connectivity index (χ4n) is 2.90. The molecule has 0 unspecified atom stereocenters. The van der Waals surface area contributed by atoms with E-state index in [9.17, 15) is 4.79 Å². The van der Waals surface area contributed by atoms with Gasteiger partial charge in [-0.05, 0) is 25.7 Å².